The maximum Gasteiger partial charge on any atom is 0.471 e. The summed E-state index contributed by atoms with van der Waals surface area (Å²) in [6, 6.07) is 1.69. The zero-order valence-corrected chi connectivity index (χ0v) is 17.9. The number of amides is 1. The summed E-state index contributed by atoms with van der Waals surface area (Å²) in [4.78, 5) is 37.1. The van der Waals surface area contributed by atoms with Gasteiger partial charge in [-0.15, -0.1) is 0 Å². The number of halogens is 4. The second-order valence-corrected chi connectivity index (χ2v) is 8.65. The van der Waals surface area contributed by atoms with Gasteiger partial charge in [0.1, 0.15) is 11.4 Å². The van der Waals surface area contributed by atoms with Crippen LogP contribution in [0.5, 0.6) is 0 Å². The van der Waals surface area contributed by atoms with Gasteiger partial charge in [-0.05, 0) is 31.4 Å². The number of nitrogens with zero attached hydrogens (tertiary/aromatic N) is 3. The van der Waals surface area contributed by atoms with E-state index >= 15 is 4.39 Å². The number of pyridine rings is 1. The van der Waals surface area contributed by atoms with Crippen LogP contribution in [-0.4, -0.2) is 46.9 Å². The molecule has 1 aromatic heterocycles. The fourth-order valence-electron chi connectivity index (χ4n) is 4.48. The lowest BCUT2D eigenvalue weighted by molar-refractivity contribution is -0.174. The number of carboxylic acids is 1. The zero-order chi connectivity index (χ0) is 24.9. The monoisotopic (exact) mass is 480 g/mol. The van der Waals surface area contributed by atoms with Crippen LogP contribution in [0.3, 0.4) is 0 Å². The molecular formula is C22H20F4N4O4. The van der Waals surface area contributed by atoms with E-state index in [1.54, 1.807) is 22.5 Å². The highest BCUT2D eigenvalue weighted by molar-refractivity contribution is 5.95. The van der Waals surface area contributed by atoms with E-state index in [0.717, 1.165) is 18.9 Å². The van der Waals surface area contributed by atoms with E-state index in [1.807, 2.05) is 5.32 Å². The Kier molecular flexibility index (Phi) is 5.75. The highest BCUT2D eigenvalue weighted by atomic mass is 19.4. The van der Waals surface area contributed by atoms with E-state index in [0.29, 0.717) is 11.1 Å². The van der Waals surface area contributed by atoms with E-state index in [4.69, 9.17) is 5.26 Å². The van der Waals surface area contributed by atoms with E-state index in [-0.39, 0.29) is 36.6 Å². The summed E-state index contributed by atoms with van der Waals surface area (Å²) in [7, 11) is 0. The molecule has 8 nitrogen and oxygen atoms in total. The third-order valence-corrected chi connectivity index (χ3v) is 6.33. The van der Waals surface area contributed by atoms with E-state index in [2.05, 4.69) is 0 Å². The largest absolute Gasteiger partial charge is 0.477 e. The van der Waals surface area contributed by atoms with Crippen molar-refractivity contribution in [3.8, 4) is 6.07 Å². The third kappa shape index (κ3) is 4.06. The maximum atomic E-state index is 15.1. The van der Waals surface area contributed by atoms with Crippen LogP contribution in [0, 0.1) is 30.0 Å². The minimum absolute atomic E-state index is 0.0139. The van der Waals surface area contributed by atoms with Crippen LogP contribution < -0.4 is 15.6 Å². The number of carboxylic acid groups (broad SMARTS) is 1. The van der Waals surface area contributed by atoms with Gasteiger partial charge in [-0.2, -0.15) is 18.4 Å². The third-order valence-electron chi connectivity index (χ3n) is 6.33. The number of hydrogen-bond donors (Lipinski definition) is 2. The minimum atomic E-state index is -5.08. The predicted octanol–water partition coefficient (Wildman–Crippen LogP) is 2.88. The summed E-state index contributed by atoms with van der Waals surface area (Å²) >= 11 is 0. The van der Waals surface area contributed by atoms with Crippen LogP contribution in [0.4, 0.5) is 23.2 Å². The van der Waals surface area contributed by atoms with E-state index < -0.39 is 46.8 Å². The highest BCUT2D eigenvalue weighted by Gasteiger charge is 2.43. The Bertz CT molecular complexity index is 1290. The van der Waals surface area contributed by atoms with Crippen molar-refractivity contribution in [3.63, 3.8) is 0 Å². The average Bonchev–Trinajstić information content (AvgIpc) is 3.54. The number of benzene rings is 1. The maximum absolute atomic E-state index is 15.1. The molecule has 34 heavy (non-hydrogen) atoms. The molecule has 180 valence electrons. The van der Waals surface area contributed by atoms with Gasteiger partial charge in [0, 0.05) is 42.7 Å². The van der Waals surface area contributed by atoms with Gasteiger partial charge in [0.15, 0.2) is 0 Å². The number of nitriles is 1. The van der Waals surface area contributed by atoms with Crippen LogP contribution in [0.25, 0.3) is 10.9 Å². The number of fused-ring (bicyclic) bond motifs is 1. The van der Waals surface area contributed by atoms with Crippen LogP contribution in [-0.2, 0) is 4.79 Å². The van der Waals surface area contributed by atoms with Crippen molar-refractivity contribution in [2.45, 2.75) is 44.4 Å². The average molecular weight is 480 g/mol. The van der Waals surface area contributed by atoms with Gasteiger partial charge in [0.2, 0.25) is 5.43 Å². The molecule has 1 amide bonds. The van der Waals surface area contributed by atoms with Crippen molar-refractivity contribution in [3.05, 3.63) is 39.4 Å². The van der Waals surface area contributed by atoms with Gasteiger partial charge in [0.05, 0.1) is 23.7 Å². The SMILES string of the molecule is Cc1c(N2CC(C(CC#N)NC(=O)C(F)(F)F)C2)c(F)cc2c(=O)c(C(=O)O)cn(C3CC3)c12. The first-order valence-electron chi connectivity index (χ1n) is 10.5. The number of aromatic nitrogens is 1. The molecule has 12 heteroatoms. The van der Waals surface area contributed by atoms with Crippen LogP contribution >= 0.6 is 0 Å². The second kappa shape index (κ2) is 8.30. The molecule has 1 saturated heterocycles. The van der Waals surface area contributed by atoms with Crippen LogP contribution in [0.15, 0.2) is 17.1 Å². The Morgan fingerprint density at radius 1 is 1.32 bits per heavy atom. The first kappa shape index (κ1) is 23.5. The highest BCUT2D eigenvalue weighted by Crippen LogP contribution is 2.41. The number of carbonyl (C=O) groups excluding carboxylic acids is 1. The number of carbonyl (C=O) groups is 2. The summed E-state index contributed by atoms with van der Waals surface area (Å²) in [5.41, 5.74) is -0.270. The van der Waals surface area contributed by atoms with Gasteiger partial charge < -0.3 is 19.9 Å². The molecule has 2 aliphatic rings. The van der Waals surface area contributed by atoms with E-state index in [9.17, 15) is 32.7 Å². The molecule has 0 spiro atoms. The Labute approximate surface area is 190 Å². The van der Waals surface area contributed by atoms with Crippen molar-refractivity contribution < 1.29 is 32.3 Å². The van der Waals surface area contributed by atoms with Crippen molar-refractivity contribution in [1.82, 2.24) is 9.88 Å². The predicted molar refractivity (Wildman–Crippen MR) is 112 cm³/mol. The summed E-state index contributed by atoms with van der Waals surface area (Å²) in [6.45, 7) is 1.79. The topological polar surface area (TPSA) is 115 Å². The quantitative estimate of drug-likeness (QED) is 0.615. The van der Waals surface area contributed by atoms with Gasteiger partial charge in [-0.25, -0.2) is 9.18 Å². The molecule has 1 unspecified atom stereocenters. The van der Waals surface area contributed by atoms with Gasteiger partial charge in [-0.3, -0.25) is 9.59 Å². The normalized spacial score (nSPS) is 17.2. The first-order chi connectivity index (χ1) is 15.9. The number of alkyl halides is 3. The van der Waals surface area contributed by atoms with Crippen molar-refractivity contribution >= 4 is 28.5 Å². The van der Waals surface area contributed by atoms with Crippen molar-refractivity contribution in [2.24, 2.45) is 5.92 Å². The Morgan fingerprint density at radius 3 is 2.50 bits per heavy atom. The summed E-state index contributed by atoms with van der Waals surface area (Å²) < 4.78 is 54.7. The lowest BCUT2D eigenvalue weighted by Crippen LogP contribution is -2.58. The smallest absolute Gasteiger partial charge is 0.471 e. The van der Waals surface area contributed by atoms with Crippen LogP contribution in [0.1, 0.15) is 41.2 Å². The van der Waals surface area contributed by atoms with Gasteiger partial charge in [-0.1, -0.05) is 0 Å². The Morgan fingerprint density at radius 2 is 1.97 bits per heavy atom. The molecule has 1 atom stereocenters. The molecule has 1 aromatic carbocycles. The minimum Gasteiger partial charge on any atom is -0.477 e. The summed E-state index contributed by atoms with van der Waals surface area (Å²) in [6.07, 6.45) is -2.58. The number of rotatable bonds is 6. The summed E-state index contributed by atoms with van der Waals surface area (Å²) in [5.74, 6) is -4.82. The first-order valence-corrected chi connectivity index (χ1v) is 10.5. The zero-order valence-electron chi connectivity index (χ0n) is 17.9. The fourth-order valence-corrected chi connectivity index (χ4v) is 4.48. The molecule has 0 radical (unpaired) electrons. The Hall–Kier alpha value is -3.62. The van der Waals surface area contributed by atoms with E-state index in [1.165, 1.54) is 6.20 Å². The number of anilines is 1. The molecule has 1 aliphatic carbocycles. The van der Waals surface area contributed by atoms with Crippen molar-refractivity contribution in [2.75, 3.05) is 18.0 Å². The molecule has 2 heterocycles. The fraction of sp³-hybridized carbons (Fsp3) is 0.455. The van der Waals surface area contributed by atoms with Gasteiger partial charge in [0.25, 0.3) is 0 Å². The van der Waals surface area contributed by atoms with Crippen molar-refractivity contribution in [1.29, 1.82) is 5.26 Å². The van der Waals surface area contributed by atoms with Gasteiger partial charge >= 0.3 is 18.1 Å². The number of aromatic carboxylic acids is 1. The standard InChI is InChI=1S/C22H20F4N4O4/c1-10-17-13(19(31)14(20(32)33)9-30(17)12-2-3-12)6-15(23)18(10)29-7-11(8-29)16(4-5-27)28-21(34)22(24,25)26/h6,9,11-12,16H,2-4,7-8H2,1H3,(H,28,34)(H,32,33). The summed E-state index contributed by atoms with van der Waals surface area (Å²) in [5, 5.41) is 20.1. The lowest BCUT2D eigenvalue weighted by atomic mass is 9.88. The molecule has 1 aliphatic heterocycles. The molecule has 2 fully saturated rings. The second-order valence-electron chi connectivity index (χ2n) is 8.65. The molecule has 4 rings (SSSR count). The van der Waals surface area contributed by atoms with Crippen LogP contribution in [0.2, 0.25) is 0 Å². The molecule has 1 saturated carbocycles. The molecule has 0 bridgehead atoms. The Balaban J connectivity index is 1.67. The number of aryl methyl sites for hydroxylation is 1. The molecular weight excluding hydrogens is 460 g/mol. The lowest BCUT2D eigenvalue weighted by Gasteiger charge is -2.45. The molecule has 2 aromatic rings. The molecule has 2 N–H and O–H groups in total. The number of hydrogen-bond acceptors (Lipinski definition) is 5. The number of nitrogens with one attached hydrogen (secondary N) is 1.